The third-order valence-corrected chi connectivity index (χ3v) is 3.02. The molecule has 0 aromatic heterocycles. The van der Waals surface area contributed by atoms with Crippen molar-refractivity contribution >= 4 is 6.41 Å². The lowest BCUT2D eigenvalue weighted by Crippen LogP contribution is -2.11. The average molecular weight is 233 g/mol. The summed E-state index contributed by atoms with van der Waals surface area (Å²) in [5, 5.41) is 2.69. The molecule has 1 aromatic rings. The molecule has 2 nitrogen and oxygen atoms in total. The van der Waals surface area contributed by atoms with Crippen molar-refractivity contribution in [2.24, 2.45) is 0 Å². The Morgan fingerprint density at radius 3 is 2.41 bits per heavy atom. The Morgan fingerprint density at radius 1 is 1.12 bits per heavy atom. The summed E-state index contributed by atoms with van der Waals surface area (Å²) in [6.07, 6.45) is 5.35. The number of amides is 1. The predicted octanol–water partition coefficient (Wildman–Crippen LogP) is 3.27. The number of benzene rings is 1. The molecule has 0 heterocycles. The molecule has 2 heteroatoms. The van der Waals surface area contributed by atoms with Crippen molar-refractivity contribution in [3.8, 4) is 0 Å². The first kappa shape index (κ1) is 13.8. The highest BCUT2D eigenvalue weighted by Gasteiger charge is 1.98. The number of hydrogen-bond donors (Lipinski definition) is 1. The maximum atomic E-state index is 10.0. The summed E-state index contributed by atoms with van der Waals surface area (Å²) in [6.45, 7) is 5.24. The van der Waals surface area contributed by atoms with Gasteiger partial charge in [0, 0.05) is 6.54 Å². The molecule has 0 spiro atoms. The number of hydrogen-bond acceptors (Lipinski definition) is 1. The number of unbranched alkanes of at least 4 members (excludes halogenated alkanes) is 2. The van der Waals surface area contributed by atoms with Crippen LogP contribution in [0.2, 0.25) is 0 Å². The zero-order valence-electron chi connectivity index (χ0n) is 10.9. The van der Waals surface area contributed by atoms with E-state index in [9.17, 15) is 4.79 Å². The van der Waals surface area contributed by atoms with E-state index in [-0.39, 0.29) is 0 Å². The van der Waals surface area contributed by atoms with Crippen LogP contribution in [-0.2, 0) is 11.2 Å². The van der Waals surface area contributed by atoms with Crippen LogP contribution in [0.4, 0.5) is 0 Å². The highest BCUT2D eigenvalue weighted by molar-refractivity contribution is 5.45. The second kappa shape index (κ2) is 7.88. The summed E-state index contributed by atoms with van der Waals surface area (Å²) in [4.78, 5) is 10.0. The number of rotatable bonds is 8. The first-order valence-corrected chi connectivity index (χ1v) is 6.50. The molecular weight excluding hydrogens is 210 g/mol. The zero-order chi connectivity index (χ0) is 12.5. The van der Waals surface area contributed by atoms with Crippen molar-refractivity contribution < 1.29 is 4.79 Å². The monoisotopic (exact) mass is 233 g/mol. The van der Waals surface area contributed by atoms with Crippen LogP contribution < -0.4 is 5.32 Å². The van der Waals surface area contributed by atoms with E-state index in [4.69, 9.17) is 0 Å². The Labute approximate surface area is 104 Å². The van der Waals surface area contributed by atoms with Crippen molar-refractivity contribution in [3.63, 3.8) is 0 Å². The fourth-order valence-corrected chi connectivity index (χ4v) is 1.86. The number of nitrogens with one attached hydrogen (secondary N) is 1. The summed E-state index contributed by atoms with van der Waals surface area (Å²) < 4.78 is 0. The Kier molecular flexibility index (Phi) is 6.38. The van der Waals surface area contributed by atoms with Gasteiger partial charge in [-0.25, -0.2) is 0 Å². The molecule has 0 unspecified atom stereocenters. The van der Waals surface area contributed by atoms with Gasteiger partial charge in [0.05, 0.1) is 0 Å². The van der Waals surface area contributed by atoms with Gasteiger partial charge in [0.2, 0.25) is 6.41 Å². The van der Waals surface area contributed by atoms with E-state index in [2.05, 4.69) is 43.4 Å². The Morgan fingerprint density at radius 2 is 1.82 bits per heavy atom. The molecule has 1 rings (SSSR count). The molecule has 0 fully saturated rings. The number of carbonyl (C=O) groups is 1. The fraction of sp³-hybridized carbons (Fsp3) is 0.533. The number of aryl methyl sites for hydroxylation is 1. The lowest BCUT2D eigenvalue weighted by molar-refractivity contribution is -0.109. The third kappa shape index (κ3) is 5.53. The maximum Gasteiger partial charge on any atom is 0.207 e. The SMILES string of the molecule is CC(C)c1ccc(CCCCCNC=O)cc1. The van der Waals surface area contributed by atoms with Crippen molar-refractivity contribution in [2.45, 2.75) is 45.4 Å². The van der Waals surface area contributed by atoms with Gasteiger partial charge in [-0.05, 0) is 36.3 Å². The molecule has 0 atom stereocenters. The molecule has 0 aliphatic rings. The van der Waals surface area contributed by atoms with Gasteiger partial charge in [-0.3, -0.25) is 4.79 Å². The molecule has 0 radical (unpaired) electrons. The Hall–Kier alpha value is -1.31. The predicted molar refractivity (Wildman–Crippen MR) is 72.2 cm³/mol. The summed E-state index contributed by atoms with van der Waals surface area (Å²) in [6, 6.07) is 8.93. The highest BCUT2D eigenvalue weighted by Crippen LogP contribution is 2.15. The maximum absolute atomic E-state index is 10.0. The van der Waals surface area contributed by atoms with Crippen LogP contribution in [0.15, 0.2) is 24.3 Å². The first-order valence-electron chi connectivity index (χ1n) is 6.50. The van der Waals surface area contributed by atoms with Gasteiger partial charge in [0.15, 0.2) is 0 Å². The van der Waals surface area contributed by atoms with Crippen LogP contribution in [0.3, 0.4) is 0 Å². The van der Waals surface area contributed by atoms with Gasteiger partial charge in [0.1, 0.15) is 0 Å². The molecular formula is C15H23NO. The normalized spacial score (nSPS) is 10.5. The van der Waals surface area contributed by atoms with Crippen molar-refractivity contribution in [3.05, 3.63) is 35.4 Å². The van der Waals surface area contributed by atoms with E-state index in [1.807, 2.05) is 0 Å². The molecule has 0 aliphatic carbocycles. The molecule has 0 saturated carbocycles. The van der Waals surface area contributed by atoms with E-state index in [1.165, 1.54) is 24.0 Å². The third-order valence-electron chi connectivity index (χ3n) is 3.02. The second-order valence-electron chi connectivity index (χ2n) is 4.78. The van der Waals surface area contributed by atoms with Crippen LogP contribution in [0, 0.1) is 0 Å². The molecule has 0 saturated heterocycles. The highest BCUT2D eigenvalue weighted by atomic mass is 16.1. The summed E-state index contributed by atoms with van der Waals surface area (Å²) in [5.74, 6) is 0.610. The van der Waals surface area contributed by atoms with Crippen LogP contribution in [-0.4, -0.2) is 13.0 Å². The lowest BCUT2D eigenvalue weighted by Gasteiger charge is -2.07. The molecule has 94 valence electrons. The summed E-state index contributed by atoms with van der Waals surface area (Å²) in [5.41, 5.74) is 2.82. The summed E-state index contributed by atoms with van der Waals surface area (Å²) in [7, 11) is 0. The second-order valence-corrected chi connectivity index (χ2v) is 4.78. The topological polar surface area (TPSA) is 29.1 Å². The zero-order valence-corrected chi connectivity index (χ0v) is 10.9. The van der Waals surface area contributed by atoms with Crippen LogP contribution in [0.5, 0.6) is 0 Å². The van der Waals surface area contributed by atoms with Gasteiger partial charge >= 0.3 is 0 Å². The largest absolute Gasteiger partial charge is 0.359 e. The molecule has 1 aromatic carbocycles. The minimum Gasteiger partial charge on any atom is -0.359 e. The quantitative estimate of drug-likeness (QED) is 0.542. The molecule has 0 bridgehead atoms. The molecule has 1 N–H and O–H groups in total. The minimum absolute atomic E-state index is 0.610. The average Bonchev–Trinajstić information content (AvgIpc) is 2.34. The minimum atomic E-state index is 0.610. The van der Waals surface area contributed by atoms with Crippen LogP contribution >= 0.6 is 0 Å². The standard InChI is InChI=1S/C15H23NO/c1-13(2)15-9-7-14(8-10-15)6-4-3-5-11-16-12-17/h7-10,12-13H,3-6,11H2,1-2H3,(H,16,17). The van der Waals surface area contributed by atoms with Crippen molar-refractivity contribution in [2.75, 3.05) is 6.54 Å². The summed E-state index contributed by atoms with van der Waals surface area (Å²) >= 11 is 0. The van der Waals surface area contributed by atoms with E-state index >= 15 is 0 Å². The van der Waals surface area contributed by atoms with Crippen molar-refractivity contribution in [1.29, 1.82) is 0 Å². The molecule has 0 aliphatic heterocycles. The van der Waals surface area contributed by atoms with Crippen molar-refractivity contribution in [1.82, 2.24) is 5.32 Å². The van der Waals surface area contributed by atoms with Gasteiger partial charge in [-0.1, -0.05) is 44.5 Å². The smallest absolute Gasteiger partial charge is 0.207 e. The molecule has 17 heavy (non-hydrogen) atoms. The molecule has 1 amide bonds. The fourth-order valence-electron chi connectivity index (χ4n) is 1.86. The van der Waals surface area contributed by atoms with Gasteiger partial charge in [0.25, 0.3) is 0 Å². The van der Waals surface area contributed by atoms with Gasteiger partial charge < -0.3 is 5.32 Å². The lowest BCUT2D eigenvalue weighted by atomic mass is 10.00. The van der Waals surface area contributed by atoms with E-state index in [1.54, 1.807) is 0 Å². The van der Waals surface area contributed by atoms with E-state index in [0.717, 1.165) is 25.8 Å². The van der Waals surface area contributed by atoms with Gasteiger partial charge in [-0.15, -0.1) is 0 Å². The number of carbonyl (C=O) groups excluding carboxylic acids is 1. The van der Waals surface area contributed by atoms with Crippen LogP contribution in [0.1, 0.15) is 50.2 Å². The Bertz CT molecular complexity index is 316. The van der Waals surface area contributed by atoms with Crippen LogP contribution in [0.25, 0.3) is 0 Å². The van der Waals surface area contributed by atoms with E-state index < -0.39 is 0 Å². The van der Waals surface area contributed by atoms with E-state index in [0.29, 0.717) is 5.92 Å². The Balaban J connectivity index is 2.21. The van der Waals surface area contributed by atoms with Gasteiger partial charge in [-0.2, -0.15) is 0 Å². The first-order chi connectivity index (χ1) is 8.24.